The average Bonchev–Trinajstić information content (AvgIpc) is 2.65. The van der Waals surface area contributed by atoms with Crippen molar-refractivity contribution in [1.82, 2.24) is 20.0 Å². The molecule has 0 atom stereocenters. The number of rotatable bonds is 2. The molecule has 0 saturated heterocycles. The van der Waals surface area contributed by atoms with Crippen molar-refractivity contribution in [3.63, 3.8) is 0 Å². The molecular weight excluding hydrogens is 180 g/mol. The van der Waals surface area contributed by atoms with Gasteiger partial charge in [-0.05, 0) is 13.0 Å². The molecule has 0 amide bonds. The Bertz CT molecular complexity index is 438. The standard InChI is InChI=1S/C9H10N4O/c1-2-13-9(6-11-12-13)7-3-8(14)5-10-4-7/h3-6,14H,2H2,1H3. The molecule has 5 heteroatoms. The molecule has 2 rings (SSSR count). The molecule has 1 N–H and O–H groups in total. The zero-order chi connectivity index (χ0) is 9.97. The fraction of sp³-hybridized carbons (Fsp3) is 0.222. The zero-order valence-corrected chi connectivity index (χ0v) is 7.75. The van der Waals surface area contributed by atoms with Crippen molar-refractivity contribution < 1.29 is 5.11 Å². The number of hydrogen-bond acceptors (Lipinski definition) is 4. The van der Waals surface area contributed by atoms with Crippen molar-refractivity contribution in [3.05, 3.63) is 24.7 Å². The molecule has 0 aliphatic carbocycles. The van der Waals surface area contributed by atoms with Gasteiger partial charge in [-0.2, -0.15) is 0 Å². The van der Waals surface area contributed by atoms with Crippen LogP contribution in [0.2, 0.25) is 0 Å². The summed E-state index contributed by atoms with van der Waals surface area (Å²) < 4.78 is 1.75. The minimum absolute atomic E-state index is 0.145. The summed E-state index contributed by atoms with van der Waals surface area (Å²) in [6.45, 7) is 2.72. The second kappa shape index (κ2) is 3.45. The number of hydrogen-bond donors (Lipinski definition) is 1. The van der Waals surface area contributed by atoms with E-state index < -0.39 is 0 Å². The van der Waals surface area contributed by atoms with E-state index in [4.69, 9.17) is 0 Å². The third kappa shape index (κ3) is 1.44. The van der Waals surface area contributed by atoms with E-state index in [1.54, 1.807) is 23.1 Å². The fourth-order valence-electron chi connectivity index (χ4n) is 1.28. The molecule has 0 fully saturated rings. The molecule has 0 unspecified atom stereocenters. The number of aryl methyl sites for hydroxylation is 1. The lowest BCUT2D eigenvalue weighted by Gasteiger charge is -2.02. The Morgan fingerprint density at radius 1 is 1.36 bits per heavy atom. The first-order valence-corrected chi connectivity index (χ1v) is 4.34. The predicted molar refractivity (Wildman–Crippen MR) is 50.6 cm³/mol. The van der Waals surface area contributed by atoms with E-state index in [9.17, 15) is 5.11 Å². The van der Waals surface area contributed by atoms with Gasteiger partial charge in [-0.1, -0.05) is 5.21 Å². The van der Waals surface area contributed by atoms with Gasteiger partial charge >= 0.3 is 0 Å². The summed E-state index contributed by atoms with van der Waals surface area (Å²) in [5, 5.41) is 17.0. The first-order valence-electron chi connectivity index (χ1n) is 4.34. The highest BCUT2D eigenvalue weighted by Crippen LogP contribution is 2.20. The zero-order valence-electron chi connectivity index (χ0n) is 7.75. The van der Waals surface area contributed by atoms with Crippen LogP contribution in [0.4, 0.5) is 0 Å². The largest absolute Gasteiger partial charge is 0.506 e. The maximum absolute atomic E-state index is 9.26. The summed E-state index contributed by atoms with van der Waals surface area (Å²) >= 11 is 0. The highest BCUT2D eigenvalue weighted by Gasteiger charge is 2.05. The van der Waals surface area contributed by atoms with E-state index in [0.29, 0.717) is 0 Å². The van der Waals surface area contributed by atoms with Crippen molar-refractivity contribution >= 4 is 0 Å². The van der Waals surface area contributed by atoms with Crippen molar-refractivity contribution in [2.24, 2.45) is 0 Å². The van der Waals surface area contributed by atoms with Gasteiger partial charge < -0.3 is 5.11 Å². The van der Waals surface area contributed by atoms with E-state index in [0.717, 1.165) is 17.8 Å². The van der Waals surface area contributed by atoms with E-state index >= 15 is 0 Å². The lowest BCUT2D eigenvalue weighted by molar-refractivity contribution is 0.473. The smallest absolute Gasteiger partial charge is 0.134 e. The Morgan fingerprint density at radius 3 is 2.93 bits per heavy atom. The Kier molecular flexibility index (Phi) is 2.14. The second-order valence-electron chi connectivity index (χ2n) is 2.87. The first-order chi connectivity index (χ1) is 6.81. The maximum atomic E-state index is 9.26. The molecule has 2 heterocycles. The van der Waals surface area contributed by atoms with Crippen LogP contribution in [0.5, 0.6) is 5.75 Å². The van der Waals surface area contributed by atoms with Crippen LogP contribution in [0.3, 0.4) is 0 Å². The van der Waals surface area contributed by atoms with Crippen molar-refractivity contribution in [2.45, 2.75) is 13.5 Å². The van der Waals surface area contributed by atoms with E-state index in [2.05, 4.69) is 15.3 Å². The van der Waals surface area contributed by atoms with Crippen LogP contribution in [-0.4, -0.2) is 25.1 Å². The van der Waals surface area contributed by atoms with Crippen molar-refractivity contribution in [3.8, 4) is 17.0 Å². The van der Waals surface area contributed by atoms with Gasteiger partial charge in [-0.15, -0.1) is 5.10 Å². The Hall–Kier alpha value is -1.91. The number of pyridine rings is 1. The van der Waals surface area contributed by atoms with Crippen LogP contribution >= 0.6 is 0 Å². The van der Waals surface area contributed by atoms with Crippen molar-refractivity contribution in [2.75, 3.05) is 0 Å². The number of nitrogens with zero attached hydrogens (tertiary/aromatic N) is 4. The van der Waals surface area contributed by atoms with Gasteiger partial charge in [0, 0.05) is 18.3 Å². The quantitative estimate of drug-likeness (QED) is 0.769. The maximum Gasteiger partial charge on any atom is 0.134 e. The molecule has 0 spiro atoms. The van der Waals surface area contributed by atoms with Gasteiger partial charge in [0.05, 0.1) is 18.1 Å². The number of aromatic hydroxyl groups is 1. The molecule has 0 aromatic carbocycles. The Balaban J connectivity index is 2.49. The van der Waals surface area contributed by atoms with Gasteiger partial charge in [0.15, 0.2) is 0 Å². The van der Waals surface area contributed by atoms with Gasteiger partial charge in [-0.25, -0.2) is 4.68 Å². The van der Waals surface area contributed by atoms with Crippen LogP contribution in [-0.2, 0) is 6.54 Å². The van der Waals surface area contributed by atoms with Crippen LogP contribution in [0.15, 0.2) is 24.7 Å². The van der Waals surface area contributed by atoms with Crippen LogP contribution in [0.25, 0.3) is 11.3 Å². The summed E-state index contributed by atoms with van der Waals surface area (Å²) in [6, 6.07) is 1.64. The Labute approximate surface area is 81.0 Å². The summed E-state index contributed by atoms with van der Waals surface area (Å²) in [4.78, 5) is 3.90. The summed E-state index contributed by atoms with van der Waals surface area (Å²) in [7, 11) is 0. The highest BCUT2D eigenvalue weighted by atomic mass is 16.3. The second-order valence-corrected chi connectivity index (χ2v) is 2.87. The SMILES string of the molecule is CCn1nncc1-c1cncc(O)c1. The van der Waals surface area contributed by atoms with E-state index in [1.807, 2.05) is 6.92 Å². The highest BCUT2D eigenvalue weighted by molar-refractivity contribution is 5.58. The van der Waals surface area contributed by atoms with Crippen molar-refractivity contribution in [1.29, 1.82) is 0 Å². The molecule has 0 aliphatic rings. The van der Waals surface area contributed by atoms with Gasteiger partial charge in [0.2, 0.25) is 0 Å². The lowest BCUT2D eigenvalue weighted by atomic mass is 10.2. The van der Waals surface area contributed by atoms with Gasteiger partial charge in [-0.3, -0.25) is 4.98 Å². The third-order valence-corrected chi connectivity index (χ3v) is 1.94. The molecule has 2 aromatic heterocycles. The Morgan fingerprint density at radius 2 is 2.21 bits per heavy atom. The summed E-state index contributed by atoms with van der Waals surface area (Å²) in [5.41, 5.74) is 1.67. The van der Waals surface area contributed by atoms with Gasteiger partial charge in [0.25, 0.3) is 0 Å². The lowest BCUT2D eigenvalue weighted by Crippen LogP contribution is -1.99. The molecule has 0 saturated carbocycles. The minimum Gasteiger partial charge on any atom is -0.506 e. The topological polar surface area (TPSA) is 63.8 Å². The predicted octanol–water partition coefficient (Wildman–Crippen LogP) is 1.07. The van der Waals surface area contributed by atoms with Crippen LogP contribution < -0.4 is 0 Å². The molecule has 14 heavy (non-hydrogen) atoms. The monoisotopic (exact) mass is 190 g/mol. The molecule has 0 aliphatic heterocycles. The number of aromatic nitrogens is 4. The normalized spacial score (nSPS) is 10.4. The molecule has 72 valence electrons. The molecular formula is C9H10N4O. The van der Waals surface area contributed by atoms with E-state index in [-0.39, 0.29) is 5.75 Å². The molecule has 2 aromatic rings. The average molecular weight is 190 g/mol. The van der Waals surface area contributed by atoms with Crippen LogP contribution in [0.1, 0.15) is 6.92 Å². The summed E-state index contributed by atoms with van der Waals surface area (Å²) in [6.07, 6.45) is 4.72. The molecule has 0 bridgehead atoms. The third-order valence-electron chi connectivity index (χ3n) is 1.94. The molecule has 0 radical (unpaired) electrons. The minimum atomic E-state index is 0.145. The van der Waals surface area contributed by atoms with E-state index in [1.165, 1.54) is 6.20 Å². The van der Waals surface area contributed by atoms with Gasteiger partial charge in [0.1, 0.15) is 5.75 Å². The fourth-order valence-corrected chi connectivity index (χ4v) is 1.28. The first kappa shape index (κ1) is 8.68. The molecule has 5 nitrogen and oxygen atoms in total. The summed E-state index contributed by atoms with van der Waals surface area (Å²) in [5.74, 6) is 0.145. The van der Waals surface area contributed by atoms with Crippen LogP contribution in [0, 0.1) is 0 Å².